The topological polar surface area (TPSA) is 93.1 Å². The highest BCUT2D eigenvalue weighted by Crippen LogP contribution is 2.48. The van der Waals surface area contributed by atoms with Crippen LogP contribution in [0.3, 0.4) is 0 Å². The maximum absolute atomic E-state index is 13.7. The Hall–Kier alpha value is -2.23. The van der Waals surface area contributed by atoms with Crippen LogP contribution in [0.1, 0.15) is 43.6 Å². The first-order valence-corrected chi connectivity index (χ1v) is 12.2. The predicted molar refractivity (Wildman–Crippen MR) is 130 cm³/mol. The summed E-state index contributed by atoms with van der Waals surface area (Å²) in [7, 11) is 0. The number of rotatable bonds is 6. The van der Waals surface area contributed by atoms with Crippen LogP contribution in [0.25, 0.3) is 0 Å². The smallest absolute Gasteiger partial charge is 0.337 e. The van der Waals surface area contributed by atoms with Gasteiger partial charge in [0.05, 0.1) is 33.9 Å². The average Bonchev–Trinajstić information content (AvgIpc) is 3.06. The minimum atomic E-state index is -1.21. The molecule has 1 aromatic carbocycles. The summed E-state index contributed by atoms with van der Waals surface area (Å²) in [6, 6.07) is 0.134. The van der Waals surface area contributed by atoms with Crippen molar-refractivity contribution < 1.29 is 29.0 Å². The highest BCUT2D eigenvalue weighted by atomic mass is 79.9. The number of aromatic hydroxyl groups is 1. The summed E-state index contributed by atoms with van der Waals surface area (Å²) >= 11 is 10.9. The number of esters is 2. The highest BCUT2D eigenvalue weighted by molar-refractivity contribution is 9.10. The summed E-state index contributed by atoms with van der Waals surface area (Å²) in [5, 5.41) is 11.5. The Balaban J connectivity index is 2.30. The molecule has 1 atom stereocenters. The number of benzene rings is 1. The molecule has 0 fully saturated rings. The second kappa shape index (κ2) is 9.95. The molecule has 0 bridgehead atoms. The molecule has 1 unspecified atom stereocenters. The zero-order valence-corrected chi connectivity index (χ0v) is 21.9. The lowest BCUT2D eigenvalue weighted by Gasteiger charge is -2.34. The van der Waals surface area contributed by atoms with E-state index in [1.807, 2.05) is 13.8 Å². The molecule has 33 heavy (non-hydrogen) atoms. The number of phenolic OH excluding ortho intramolecular Hbond substituents is 1. The second-order valence-corrected chi connectivity index (χ2v) is 9.76. The van der Waals surface area contributed by atoms with E-state index in [0.29, 0.717) is 10.6 Å². The monoisotopic (exact) mass is 555 g/mol. The van der Waals surface area contributed by atoms with E-state index in [1.165, 1.54) is 23.9 Å². The largest absolute Gasteiger partial charge is 0.506 e. The molecule has 10 heteroatoms. The fourth-order valence-corrected chi connectivity index (χ4v) is 5.42. The van der Waals surface area contributed by atoms with E-state index in [4.69, 9.17) is 21.1 Å². The van der Waals surface area contributed by atoms with Gasteiger partial charge in [0.15, 0.2) is 11.8 Å². The van der Waals surface area contributed by atoms with Gasteiger partial charge in [-0.25, -0.2) is 9.59 Å². The van der Waals surface area contributed by atoms with Crippen LogP contribution in [-0.4, -0.2) is 47.0 Å². The minimum Gasteiger partial charge on any atom is -0.506 e. The van der Waals surface area contributed by atoms with Gasteiger partial charge < -0.3 is 19.5 Å². The molecule has 0 radical (unpaired) electrons. The summed E-state index contributed by atoms with van der Waals surface area (Å²) < 4.78 is 10.8. The van der Waals surface area contributed by atoms with Crippen molar-refractivity contribution in [1.82, 2.24) is 4.90 Å². The number of phenols is 1. The molecule has 0 saturated carbocycles. The first-order chi connectivity index (χ1) is 15.5. The number of hydrogen-bond donors (Lipinski definition) is 1. The Morgan fingerprint density at radius 2 is 1.82 bits per heavy atom. The van der Waals surface area contributed by atoms with E-state index >= 15 is 0 Å². The average molecular weight is 557 g/mol. The van der Waals surface area contributed by atoms with Crippen LogP contribution in [0.15, 0.2) is 43.4 Å². The van der Waals surface area contributed by atoms with Gasteiger partial charge in [-0.05, 0) is 68.3 Å². The summed E-state index contributed by atoms with van der Waals surface area (Å²) in [5.74, 6) is -2.47. The number of carbonyl (C=O) groups is 3. The number of thioether (sulfide) groups is 1. The first kappa shape index (κ1) is 25.4. The zero-order valence-electron chi connectivity index (χ0n) is 18.7. The maximum Gasteiger partial charge on any atom is 0.337 e. The molecule has 2 heterocycles. The van der Waals surface area contributed by atoms with Crippen molar-refractivity contribution in [2.45, 2.75) is 40.7 Å². The Bertz CT molecular complexity index is 1160. The Labute approximate surface area is 209 Å². The first-order valence-electron chi connectivity index (χ1n) is 10.2. The molecule has 1 N–H and O–H groups in total. The number of Topliss-reactive ketones (excluding diaryl/α,β-unsaturated/α-hetero) is 1. The third-order valence-corrected chi connectivity index (χ3v) is 7.86. The molecular formula is C23H23BrClNO6S. The van der Waals surface area contributed by atoms with Crippen LogP contribution < -0.4 is 0 Å². The number of ether oxygens (including phenoxy) is 2. The lowest BCUT2D eigenvalue weighted by atomic mass is 9.89. The molecule has 0 spiro atoms. The van der Waals surface area contributed by atoms with E-state index in [2.05, 4.69) is 15.9 Å². The molecule has 0 amide bonds. The van der Waals surface area contributed by atoms with Crippen molar-refractivity contribution in [1.29, 1.82) is 0 Å². The van der Waals surface area contributed by atoms with Crippen LogP contribution in [0, 0.1) is 6.92 Å². The quantitative estimate of drug-likeness (QED) is 0.375. The molecule has 1 aromatic rings. The van der Waals surface area contributed by atoms with Gasteiger partial charge in [-0.2, -0.15) is 0 Å². The highest BCUT2D eigenvalue weighted by Gasteiger charge is 2.46. The SMILES string of the molecule is CCOC(=O)C1=C(C(=O)c2cc(Cl)c(C)c(Br)c2O)C=C2SC(C)=C(C)N2C1C(=O)OCC. The Morgan fingerprint density at radius 3 is 2.42 bits per heavy atom. The lowest BCUT2D eigenvalue weighted by molar-refractivity contribution is -0.150. The Morgan fingerprint density at radius 1 is 1.18 bits per heavy atom. The van der Waals surface area contributed by atoms with E-state index in [-0.39, 0.29) is 45.2 Å². The lowest BCUT2D eigenvalue weighted by Crippen LogP contribution is -2.45. The number of ketones is 1. The number of hydrogen-bond acceptors (Lipinski definition) is 8. The van der Waals surface area contributed by atoms with Crippen molar-refractivity contribution in [3.63, 3.8) is 0 Å². The van der Waals surface area contributed by atoms with Crippen LogP contribution in [0.2, 0.25) is 5.02 Å². The standard InChI is InChI=1S/C23H23BrClNO6S/c1-6-31-22(29)17-13(20(27)14-8-15(25)10(3)18(24)21(14)28)9-16-26(11(4)12(5)33-16)19(17)23(30)32-7-2/h8-9,19,28H,6-7H2,1-5H3. The van der Waals surface area contributed by atoms with Crippen LogP contribution in [0.4, 0.5) is 0 Å². The number of nitrogens with zero attached hydrogens (tertiary/aromatic N) is 1. The number of allylic oxidation sites excluding steroid dienone is 4. The van der Waals surface area contributed by atoms with Gasteiger partial charge in [-0.3, -0.25) is 4.79 Å². The van der Waals surface area contributed by atoms with Gasteiger partial charge in [-0.1, -0.05) is 23.4 Å². The third kappa shape index (κ3) is 4.46. The predicted octanol–water partition coefficient (Wildman–Crippen LogP) is 5.25. The third-order valence-electron chi connectivity index (χ3n) is 5.37. The molecule has 0 aliphatic carbocycles. The van der Waals surface area contributed by atoms with Crippen LogP contribution in [-0.2, 0) is 19.1 Å². The van der Waals surface area contributed by atoms with Gasteiger partial charge >= 0.3 is 11.9 Å². The number of carbonyl (C=O) groups excluding carboxylic acids is 3. The van der Waals surface area contributed by atoms with Crippen LogP contribution in [0.5, 0.6) is 5.75 Å². The summed E-state index contributed by atoms with van der Waals surface area (Å²) in [6.07, 6.45) is 1.54. The van der Waals surface area contributed by atoms with Gasteiger partial charge in [0.1, 0.15) is 5.75 Å². The van der Waals surface area contributed by atoms with Crippen molar-refractivity contribution in [3.8, 4) is 5.75 Å². The van der Waals surface area contributed by atoms with Gasteiger partial charge in [-0.15, -0.1) is 0 Å². The van der Waals surface area contributed by atoms with Crippen LogP contribution >= 0.6 is 39.3 Å². The van der Waals surface area contributed by atoms with Crippen molar-refractivity contribution >= 4 is 57.0 Å². The van der Waals surface area contributed by atoms with E-state index < -0.39 is 23.8 Å². The summed E-state index contributed by atoms with van der Waals surface area (Å²) in [6.45, 7) is 8.83. The maximum atomic E-state index is 13.7. The summed E-state index contributed by atoms with van der Waals surface area (Å²) in [4.78, 5) is 42.5. The molecule has 2 aliphatic heterocycles. The molecule has 3 rings (SSSR count). The summed E-state index contributed by atoms with van der Waals surface area (Å²) in [5.41, 5.74) is 1.01. The number of halogens is 2. The molecule has 176 valence electrons. The van der Waals surface area contributed by atoms with Gasteiger partial charge in [0.25, 0.3) is 0 Å². The molecule has 0 aromatic heterocycles. The van der Waals surface area contributed by atoms with Gasteiger partial charge in [0, 0.05) is 21.2 Å². The zero-order chi connectivity index (χ0) is 24.6. The Kier molecular flexibility index (Phi) is 7.65. The van der Waals surface area contributed by atoms with E-state index in [9.17, 15) is 19.5 Å². The molecular weight excluding hydrogens is 534 g/mol. The van der Waals surface area contributed by atoms with Crippen molar-refractivity contribution in [2.75, 3.05) is 13.2 Å². The minimum absolute atomic E-state index is 0.0473. The molecule has 0 saturated heterocycles. The van der Waals surface area contributed by atoms with Crippen molar-refractivity contribution in [2.24, 2.45) is 0 Å². The van der Waals surface area contributed by atoms with E-state index in [0.717, 1.165) is 10.6 Å². The fourth-order valence-electron chi connectivity index (χ4n) is 3.60. The number of fused-ring (bicyclic) bond motifs is 1. The van der Waals surface area contributed by atoms with E-state index in [1.54, 1.807) is 25.7 Å². The fraction of sp³-hybridized carbons (Fsp3) is 0.348. The van der Waals surface area contributed by atoms with Crippen molar-refractivity contribution in [3.05, 3.63) is 59.5 Å². The molecule has 2 aliphatic rings. The normalized spacial score (nSPS) is 17.7. The molecule has 7 nitrogen and oxygen atoms in total. The van der Waals surface area contributed by atoms with Gasteiger partial charge in [0.2, 0.25) is 0 Å². The second-order valence-electron chi connectivity index (χ2n) is 7.32.